The Balaban J connectivity index is 1.62. The van der Waals surface area contributed by atoms with Gasteiger partial charge in [-0.05, 0) is 38.0 Å². The van der Waals surface area contributed by atoms with Crippen LogP contribution >= 0.6 is 0 Å². The minimum Gasteiger partial charge on any atom is -0.319 e. The van der Waals surface area contributed by atoms with E-state index in [0.29, 0.717) is 16.8 Å². The average molecular weight is 339 g/mol. The Hall–Kier alpha value is -2.83. The second-order valence-electron chi connectivity index (χ2n) is 6.51. The van der Waals surface area contributed by atoms with E-state index in [0.717, 1.165) is 37.7 Å². The molecule has 1 amide bonds. The molecule has 0 aliphatic heterocycles. The number of H-pyrrole nitrogens is 1. The number of amides is 1. The van der Waals surface area contributed by atoms with Crippen LogP contribution in [0.25, 0.3) is 11.0 Å². The van der Waals surface area contributed by atoms with Gasteiger partial charge in [0.05, 0.1) is 22.9 Å². The van der Waals surface area contributed by atoms with Crippen molar-refractivity contribution in [3.63, 3.8) is 0 Å². The van der Waals surface area contributed by atoms with Gasteiger partial charge in [-0.2, -0.15) is 5.10 Å². The summed E-state index contributed by atoms with van der Waals surface area (Å²) in [7, 11) is 0. The van der Waals surface area contributed by atoms with Gasteiger partial charge in [-0.1, -0.05) is 12.8 Å². The number of benzene rings is 1. The molecule has 3 aromatic rings. The quantitative estimate of drug-likeness (QED) is 0.766. The van der Waals surface area contributed by atoms with Crippen LogP contribution < -0.4 is 11.0 Å². The van der Waals surface area contributed by atoms with E-state index in [4.69, 9.17) is 0 Å². The number of carbonyl (C=O) groups excluding carboxylic acids is 1. The monoisotopic (exact) mass is 339 g/mol. The number of carbonyl (C=O) groups is 1. The third-order valence-corrected chi connectivity index (χ3v) is 4.88. The van der Waals surface area contributed by atoms with Gasteiger partial charge in [-0.3, -0.25) is 14.0 Å². The molecule has 7 nitrogen and oxygen atoms in total. The van der Waals surface area contributed by atoms with Gasteiger partial charge >= 0.3 is 5.69 Å². The smallest absolute Gasteiger partial charge is 0.319 e. The fraction of sp³-hybridized carbons (Fsp3) is 0.389. The molecule has 0 atom stereocenters. The van der Waals surface area contributed by atoms with Gasteiger partial charge in [-0.15, -0.1) is 0 Å². The van der Waals surface area contributed by atoms with E-state index >= 15 is 0 Å². The molecule has 1 aromatic carbocycles. The van der Waals surface area contributed by atoms with Crippen LogP contribution in [0.5, 0.6) is 0 Å². The Bertz CT molecular complexity index is 975. The van der Waals surface area contributed by atoms with Crippen molar-refractivity contribution in [3.8, 4) is 0 Å². The van der Waals surface area contributed by atoms with E-state index in [1.54, 1.807) is 29.2 Å². The van der Waals surface area contributed by atoms with Gasteiger partial charge in [0.25, 0.3) is 5.91 Å². The van der Waals surface area contributed by atoms with E-state index in [2.05, 4.69) is 15.4 Å². The number of fused-ring (bicyclic) bond motifs is 1. The molecule has 2 aromatic heterocycles. The van der Waals surface area contributed by atoms with E-state index < -0.39 is 0 Å². The van der Waals surface area contributed by atoms with Crippen molar-refractivity contribution in [1.29, 1.82) is 0 Å². The van der Waals surface area contributed by atoms with Gasteiger partial charge < -0.3 is 10.3 Å². The average Bonchev–Trinajstić information content (AvgIpc) is 3.32. The molecule has 130 valence electrons. The Kier molecular flexibility index (Phi) is 3.91. The molecule has 1 fully saturated rings. The maximum Gasteiger partial charge on any atom is 0.326 e. The SMILES string of the molecule is CCn1cc(NC(=O)c2ccc3c(c2)[nH]c(=O)n3C2CCCC2)cn1. The maximum absolute atomic E-state index is 12.5. The van der Waals surface area contributed by atoms with Crippen LogP contribution in [0.1, 0.15) is 49.0 Å². The number of hydrogen-bond acceptors (Lipinski definition) is 3. The van der Waals surface area contributed by atoms with Crippen molar-refractivity contribution in [2.24, 2.45) is 0 Å². The Morgan fingerprint density at radius 1 is 1.36 bits per heavy atom. The first-order valence-corrected chi connectivity index (χ1v) is 8.74. The lowest BCUT2D eigenvalue weighted by atomic mass is 10.1. The van der Waals surface area contributed by atoms with Gasteiger partial charge in [0.1, 0.15) is 0 Å². The third-order valence-electron chi connectivity index (χ3n) is 4.88. The Morgan fingerprint density at radius 2 is 2.16 bits per heavy atom. The number of aromatic amines is 1. The van der Waals surface area contributed by atoms with Crippen molar-refractivity contribution in [1.82, 2.24) is 19.3 Å². The summed E-state index contributed by atoms with van der Waals surface area (Å²) in [6.45, 7) is 2.73. The normalized spacial score (nSPS) is 15.1. The molecule has 25 heavy (non-hydrogen) atoms. The van der Waals surface area contributed by atoms with Gasteiger partial charge in [0, 0.05) is 24.3 Å². The van der Waals surface area contributed by atoms with E-state index in [-0.39, 0.29) is 17.6 Å². The lowest BCUT2D eigenvalue weighted by Gasteiger charge is -2.11. The van der Waals surface area contributed by atoms with Crippen LogP contribution in [0.15, 0.2) is 35.4 Å². The van der Waals surface area contributed by atoms with Crippen molar-refractivity contribution in [3.05, 3.63) is 46.6 Å². The molecule has 0 unspecified atom stereocenters. The zero-order valence-corrected chi connectivity index (χ0v) is 14.2. The van der Waals surface area contributed by atoms with Crippen LogP contribution in [-0.2, 0) is 6.54 Å². The summed E-state index contributed by atoms with van der Waals surface area (Å²) in [6.07, 6.45) is 7.81. The fourth-order valence-electron chi connectivity index (χ4n) is 3.60. The summed E-state index contributed by atoms with van der Waals surface area (Å²) in [5, 5.41) is 6.97. The third kappa shape index (κ3) is 2.86. The lowest BCUT2D eigenvalue weighted by Crippen LogP contribution is -2.20. The number of anilines is 1. The summed E-state index contributed by atoms with van der Waals surface area (Å²) in [4.78, 5) is 27.7. The van der Waals surface area contributed by atoms with Crippen LogP contribution in [-0.4, -0.2) is 25.2 Å². The first-order valence-electron chi connectivity index (χ1n) is 8.74. The molecular weight excluding hydrogens is 318 g/mol. The topological polar surface area (TPSA) is 84.7 Å². The molecule has 0 spiro atoms. The molecule has 0 bridgehead atoms. The number of aryl methyl sites for hydroxylation is 1. The highest BCUT2D eigenvalue weighted by atomic mass is 16.2. The highest BCUT2D eigenvalue weighted by Crippen LogP contribution is 2.30. The molecule has 4 rings (SSSR count). The molecular formula is C18H21N5O2. The molecule has 0 radical (unpaired) electrons. The molecule has 2 N–H and O–H groups in total. The second-order valence-corrected chi connectivity index (χ2v) is 6.51. The molecule has 7 heteroatoms. The lowest BCUT2D eigenvalue weighted by molar-refractivity contribution is 0.102. The maximum atomic E-state index is 12.5. The van der Waals surface area contributed by atoms with E-state index in [9.17, 15) is 9.59 Å². The summed E-state index contributed by atoms with van der Waals surface area (Å²) in [6, 6.07) is 5.62. The number of aromatic nitrogens is 4. The largest absolute Gasteiger partial charge is 0.326 e. The predicted octanol–water partition coefficient (Wildman–Crippen LogP) is 2.91. The molecule has 0 saturated heterocycles. The predicted molar refractivity (Wildman–Crippen MR) is 95.9 cm³/mol. The molecule has 1 saturated carbocycles. The molecule has 1 aliphatic carbocycles. The minimum atomic E-state index is -0.216. The zero-order valence-electron chi connectivity index (χ0n) is 14.2. The van der Waals surface area contributed by atoms with Gasteiger partial charge in [0.2, 0.25) is 0 Å². The number of rotatable bonds is 4. The second kappa shape index (κ2) is 6.23. The van der Waals surface area contributed by atoms with Crippen LogP contribution in [0.3, 0.4) is 0 Å². The van der Waals surface area contributed by atoms with Gasteiger partial charge in [0.15, 0.2) is 0 Å². The van der Waals surface area contributed by atoms with Crippen molar-refractivity contribution in [2.45, 2.75) is 45.2 Å². The number of hydrogen-bond donors (Lipinski definition) is 2. The number of nitrogens with one attached hydrogen (secondary N) is 2. The molecule has 2 heterocycles. The van der Waals surface area contributed by atoms with Gasteiger partial charge in [-0.25, -0.2) is 4.79 Å². The van der Waals surface area contributed by atoms with Crippen molar-refractivity contribution < 1.29 is 4.79 Å². The van der Waals surface area contributed by atoms with E-state index in [1.807, 2.05) is 17.6 Å². The van der Waals surface area contributed by atoms with Crippen LogP contribution in [0, 0.1) is 0 Å². The first kappa shape index (κ1) is 15.7. The Morgan fingerprint density at radius 3 is 2.88 bits per heavy atom. The standard InChI is InChI=1S/C18H21N5O2/c1-2-22-11-13(10-19-22)20-17(24)12-7-8-16-15(9-12)21-18(25)23(16)14-5-3-4-6-14/h7-11,14H,2-6H2,1H3,(H,20,24)(H,21,25). The summed E-state index contributed by atoms with van der Waals surface area (Å²) in [5.41, 5.74) is 2.64. The van der Waals surface area contributed by atoms with Crippen molar-refractivity contribution >= 4 is 22.6 Å². The van der Waals surface area contributed by atoms with Crippen LogP contribution in [0.2, 0.25) is 0 Å². The minimum absolute atomic E-state index is 0.0938. The molecule has 1 aliphatic rings. The number of nitrogens with zero attached hydrogens (tertiary/aromatic N) is 3. The zero-order chi connectivity index (χ0) is 17.4. The summed E-state index contributed by atoms with van der Waals surface area (Å²) in [5.74, 6) is -0.216. The number of imidazole rings is 1. The Labute approximate surface area is 144 Å². The summed E-state index contributed by atoms with van der Waals surface area (Å²) < 4.78 is 3.59. The van der Waals surface area contributed by atoms with Crippen molar-refractivity contribution in [2.75, 3.05) is 5.32 Å². The fourth-order valence-corrected chi connectivity index (χ4v) is 3.60. The highest BCUT2D eigenvalue weighted by molar-refractivity contribution is 6.05. The summed E-state index contributed by atoms with van der Waals surface area (Å²) >= 11 is 0. The van der Waals surface area contributed by atoms with Crippen LogP contribution in [0.4, 0.5) is 5.69 Å². The first-order chi connectivity index (χ1) is 12.2. The highest BCUT2D eigenvalue weighted by Gasteiger charge is 2.21. The van der Waals surface area contributed by atoms with E-state index in [1.165, 1.54) is 0 Å².